The molecule has 0 saturated carbocycles. The van der Waals surface area contributed by atoms with Crippen molar-refractivity contribution in [2.24, 2.45) is 10.9 Å². The normalized spacial score (nSPS) is 16.7. The molecule has 0 amide bonds. The van der Waals surface area contributed by atoms with Crippen LogP contribution in [0.1, 0.15) is 38.7 Å². The minimum absolute atomic E-state index is 0.0101. The molecule has 0 radical (unpaired) electrons. The predicted molar refractivity (Wildman–Crippen MR) is 121 cm³/mol. The largest absolute Gasteiger partial charge is 0.357 e. The highest BCUT2D eigenvalue weighted by atomic mass is 32.2. The van der Waals surface area contributed by atoms with Crippen LogP contribution in [0.5, 0.6) is 0 Å². The van der Waals surface area contributed by atoms with Crippen molar-refractivity contribution in [1.82, 2.24) is 20.3 Å². The quantitative estimate of drug-likeness (QED) is 0.287. The van der Waals surface area contributed by atoms with Gasteiger partial charge in [-0.2, -0.15) is 0 Å². The molecular weight excluding hydrogens is 386 g/mol. The lowest BCUT2D eigenvalue weighted by atomic mass is 9.99. The second-order valence-corrected chi connectivity index (χ2v) is 9.62. The van der Waals surface area contributed by atoms with Crippen LogP contribution in [-0.4, -0.2) is 64.3 Å². The Balaban J connectivity index is 1.67. The lowest BCUT2D eigenvalue weighted by molar-refractivity contribution is 0.192. The van der Waals surface area contributed by atoms with Crippen molar-refractivity contribution in [1.29, 1.82) is 0 Å². The smallest absolute Gasteiger partial charge is 0.213 e. The van der Waals surface area contributed by atoms with Crippen LogP contribution in [0, 0.1) is 5.92 Å². The molecule has 0 aromatic heterocycles. The zero-order valence-corrected chi connectivity index (χ0v) is 18.7. The average Bonchev–Trinajstić information content (AvgIpc) is 2.72. The van der Waals surface area contributed by atoms with E-state index in [0.29, 0.717) is 19.0 Å². The zero-order valence-electron chi connectivity index (χ0n) is 17.9. The van der Waals surface area contributed by atoms with Gasteiger partial charge in [-0.1, -0.05) is 37.3 Å². The summed E-state index contributed by atoms with van der Waals surface area (Å²) in [5, 5.41) is 6.31. The Morgan fingerprint density at radius 1 is 1.17 bits per heavy atom. The summed E-state index contributed by atoms with van der Waals surface area (Å²) in [5.41, 5.74) is 0.946. The van der Waals surface area contributed by atoms with E-state index >= 15 is 0 Å². The summed E-state index contributed by atoms with van der Waals surface area (Å²) in [6.45, 7) is 9.90. The van der Waals surface area contributed by atoms with Gasteiger partial charge in [0.15, 0.2) is 5.96 Å². The molecule has 0 aliphatic carbocycles. The fourth-order valence-corrected chi connectivity index (χ4v) is 4.18. The fourth-order valence-electron chi connectivity index (χ4n) is 3.28. The second kappa shape index (κ2) is 12.8. The molecule has 1 aromatic carbocycles. The van der Waals surface area contributed by atoms with Crippen molar-refractivity contribution in [2.75, 3.05) is 45.0 Å². The second-order valence-electron chi connectivity index (χ2n) is 7.69. The van der Waals surface area contributed by atoms with Crippen LogP contribution in [0.25, 0.3) is 0 Å². The summed E-state index contributed by atoms with van der Waals surface area (Å²) < 4.78 is 27.0. The van der Waals surface area contributed by atoms with E-state index in [2.05, 4.69) is 32.2 Å². The van der Waals surface area contributed by atoms with Crippen LogP contribution in [0.15, 0.2) is 35.3 Å². The molecule has 2 rings (SSSR count). The van der Waals surface area contributed by atoms with E-state index in [1.54, 1.807) is 0 Å². The molecule has 1 saturated heterocycles. The van der Waals surface area contributed by atoms with Crippen molar-refractivity contribution < 1.29 is 8.42 Å². The third kappa shape index (κ3) is 10.1. The van der Waals surface area contributed by atoms with Crippen LogP contribution in [0.4, 0.5) is 0 Å². The first-order valence-corrected chi connectivity index (χ1v) is 12.4. The predicted octanol–water partition coefficient (Wildman–Crippen LogP) is 1.78. The summed E-state index contributed by atoms with van der Waals surface area (Å²) in [7, 11) is -3.34. The molecule has 1 aliphatic heterocycles. The Kier molecular flexibility index (Phi) is 10.5. The van der Waals surface area contributed by atoms with Crippen molar-refractivity contribution in [3.05, 3.63) is 35.9 Å². The molecule has 1 fully saturated rings. The first kappa shape index (κ1) is 23.6. The summed E-state index contributed by atoms with van der Waals surface area (Å²) in [6.07, 6.45) is 3.60. The van der Waals surface area contributed by atoms with Gasteiger partial charge in [-0.15, -0.1) is 0 Å². The van der Waals surface area contributed by atoms with Gasteiger partial charge < -0.3 is 15.5 Å². The average molecular weight is 424 g/mol. The number of nitrogens with one attached hydrogen (secondary N) is 3. The summed E-state index contributed by atoms with van der Waals surface area (Å²) >= 11 is 0. The van der Waals surface area contributed by atoms with Crippen molar-refractivity contribution in [3.63, 3.8) is 0 Å². The number of likely N-dealkylation sites (tertiary alicyclic amines) is 1. The monoisotopic (exact) mass is 423 g/mol. The van der Waals surface area contributed by atoms with Gasteiger partial charge in [0.25, 0.3) is 0 Å². The lowest BCUT2D eigenvalue weighted by Crippen LogP contribution is -2.41. The molecule has 3 N–H and O–H groups in total. The highest BCUT2D eigenvalue weighted by Gasteiger charge is 2.14. The molecule has 0 atom stereocenters. The molecule has 8 heteroatoms. The lowest BCUT2D eigenvalue weighted by Gasteiger charge is -2.29. The summed E-state index contributed by atoms with van der Waals surface area (Å²) in [6, 6.07) is 9.52. The minimum Gasteiger partial charge on any atom is -0.357 e. The van der Waals surface area contributed by atoms with Crippen LogP contribution in [-0.2, 0) is 16.6 Å². The number of piperidine rings is 1. The first-order chi connectivity index (χ1) is 14.0. The molecule has 1 aromatic rings. The molecule has 7 nitrogen and oxygen atoms in total. The van der Waals surface area contributed by atoms with E-state index in [-0.39, 0.29) is 5.75 Å². The number of benzene rings is 1. The van der Waals surface area contributed by atoms with Gasteiger partial charge >= 0.3 is 0 Å². The molecule has 1 heterocycles. The maximum absolute atomic E-state index is 12.2. The topological polar surface area (TPSA) is 85.8 Å². The van der Waals surface area contributed by atoms with E-state index in [1.807, 2.05) is 37.3 Å². The highest BCUT2D eigenvalue weighted by Crippen LogP contribution is 2.15. The number of hydrogen-bond donors (Lipinski definition) is 3. The van der Waals surface area contributed by atoms with E-state index in [9.17, 15) is 8.42 Å². The first-order valence-electron chi connectivity index (χ1n) is 10.7. The van der Waals surface area contributed by atoms with Gasteiger partial charge in [0.05, 0.1) is 5.75 Å². The molecule has 164 valence electrons. The van der Waals surface area contributed by atoms with Crippen molar-refractivity contribution >= 4 is 16.0 Å². The van der Waals surface area contributed by atoms with E-state index in [1.165, 1.54) is 25.9 Å². The number of sulfonamides is 1. The Labute approximate surface area is 176 Å². The molecular formula is C21H37N5O2S. The Morgan fingerprint density at radius 2 is 1.90 bits per heavy atom. The Bertz CT molecular complexity index is 701. The number of rotatable bonds is 11. The van der Waals surface area contributed by atoms with Gasteiger partial charge in [-0.05, 0) is 57.3 Å². The third-order valence-electron chi connectivity index (χ3n) is 5.13. The Hall–Kier alpha value is -1.64. The third-order valence-corrected chi connectivity index (χ3v) is 6.45. The number of aliphatic imine (C=N–C) groups is 1. The molecule has 0 unspecified atom stereocenters. The fraction of sp³-hybridized carbons (Fsp3) is 0.667. The molecule has 1 aliphatic rings. The van der Waals surface area contributed by atoms with Gasteiger partial charge in [0.1, 0.15) is 0 Å². The number of guanidine groups is 1. The maximum Gasteiger partial charge on any atom is 0.213 e. The van der Waals surface area contributed by atoms with Crippen LogP contribution >= 0.6 is 0 Å². The van der Waals surface area contributed by atoms with Crippen molar-refractivity contribution in [2.45, 2.75) is 39.7 Å². The molecule has 29 heavy (non-hydrogen) atoms. The summed E-state index contributed by atoms with van der Waals surface area (Å²) in [5.74, 6) is 1.54. The highest BCUT2D eigenvalue weighted by molar-refractivity contribution is 7.89. The van der Waals surface area contributed by atoms with E-state index in [0.717, 1.165) is 37.5 Å². The molecule has 0 bridgehead atoms. The van der Waals surface area contributed by atoms with Crippen molar-refractivity contribution in [3.8, 4) is 0 Å². The van der Waals surface area contributed by atoms with E-state index in [4.69, 9.17) is 0 Å². The maximum atomic E-state index is 12.2. The number of nitrogens with zero attached hydrogens (tertiary/aromatic N) is 2. The van der Waals surface area contributed by atoms with Gasteiger partial charge in [0, 0.05) is 26.2 Å². The zero-order chi connectivity index (χ0) is 21.0. The Morgan fingerprint density at radius 3 is 2.59 bits per heavy atom. The molecule has 0 spiro atoms. The number of hydrogen-bond acceptors (Lipinski definition) is 4. The van der Waals surface area contributed by atoms with Gasteiger partial charge in [-0.3, -0.25) is 4.99 Å². The van der Waals surface area contributed by atoms with Crippen LogP contribution in [0.3, 0.4) is 0 Å². The van der Waals surface area contributed by atoms with Crippen LogP contribution in [0.2, 0.25) is 0 Å². The SMILES string of the molecule is CCNC(=NCCCN1CCC(C)CC1)NCCS(=O)(=O)NCc1ccccc1. The van der Waals surface area contributed by atoms with E-state index < -0.39 is 10.0 Å². The standard InChI is InChI=1S/C21H37N5O2S/c1-3-22-21(23-12-7-14-26-15-10-19(2)11-16-26)24-13-17-29(27,28)25-18-20-8-5-4-6-9-20/h4-6,8-9,19,25H,3,7,10-18H2,1-2H3,(H2,22,23,24). The van der Waals surface area contributed by atoms with Crippen LogP contribution < -0.4 is 15.4 Å². The van der Waals surface area contributed by atoms with Gasteiger partial charge in [-0.25, -0.2) is 13.1 Å². The van der Waals surface area contributed by atoms with Gasteiger partial charge in [0.2, 0.25) is 10.0 Å². The summed E-state index contributed by atoms with van der Waals surface area (Å²) in [4.78, 5) is 7.09. The minimum atomic E-state index is -3.34.